The van der Waals surface area contributed by atoms with Crippen molar-refractivity contribution in [3.63, 3.8) is 0 Å². The molecule has 0 aliphatic rings. The summed E-state index contributed by atoms with van der Waals surface area (Å²) in [5.74, 6) is 0. The van der Waals surface area contributed by atoms with Crippen molar-refractivity contribution in [2.24, 2.45) is 0 Å². The highest BCUT2D eigenvalue weighted by Crippen LogP contribution is 2.35. The van der Waals surface area contributed by atoms with E-state index >= 15 is 0 Å². The third-order valence-electron chi connectivity index (χ3n) is 1.66. The first-order valence-corrected chi connectivity index (χ1v) is 9.46. The Hall–Kier alpha value is 0.677. The Morgan fingerprint density at radius 3 is 1.88 bits per heavy atom. The molecule has 0 aromatic heterocycles. The van der Waals surface area contributed by atoms with Crippen molar-refractivity contribution in [1.82, 2.24) is 0 Å². The molecule has 0 heterocycles. The summed E-state index contributed by atoms with van der Waals surface area (Å²) in [6.45, 7) is 0. The van der Waals surface area contributed by atoms with E-state index in [4.69, 9.17) is 56.4 Å². The second-order valence-corrected chi connectivity index (χ2v) is 12.0. The Morgan fingerprint density at radius 2 is 1.50 bits per heavy atom. The summed E-state index contributed by atoms with van der Waals surface area (Å²) in [6, 6.07) is -2.11. The van der Waals surface area contributed by atoms with E-state index in [1.807, 2.05) is 0 Å². The molecule has 0 aliphatic heterocycles. The SMILES string of the molecule is FC(F)(F)c1cc(Cl)c(Cl)c([Si](Cl)(Cl)Cl)c1. The third kappa shape index (κ3) is 3.34. The lowest BCUT2D eigenvalue weighted by atomic mass is 10.2. The zero-order valence-electron chi connectivity index (χ0n) is 7.18. The molecule has 0 nitrogen and oxygen atoms in total. The second kappa shape index (κ2) is 4.75. The number of benzene rings is 1. The monoisotopic (exact) mass is 346 g/mol. The van der Waals surface area contributed by atoms with E-state index in [0.29, 0.717) is 12.1 Å². The van der Waals surface area contributed by atoms with Gasteiger partial charge in [0.05, 0.1) is 15.6 Å². The van der Waals surface area contributed by atoms with Crippen LogP contribution >= 0.6 is 56.4 Å². The van der Waals surface area contributed by atoms with Gasteiger partial charge in [0.1, 0.15) is 0 Å². The summed E-state index contributed by atoms with van der Waals surface area (Å²) < 4.78 is 37.4. The van der Waals surface area contributed by atoms with E-state index in [9.17, 15) is 13.2 Å². The molecule has 0 amide bonds. The highest BCUT2D eigenvalue weighted by atomic mass is 35.8. The lowest BCUT2D eigenvalue weighted by molar-refractivity contribution is -0.137. The maximum Gasteiger partial charge on any atom is 0.416 e. The van der Waals surface area contributed by atoms with Gasteiger partial charge in [-0.25, -0.2) is 0 Å². The summed E-state index contributed by atoms with van der Waals surface area (Å²) >= 11 is 28.1. The minimum atomic E-state index is -4.56. The molecule has 0 bridgehead atoms. The normalized spacial score (nSPS) is 13.0. The van der Waals surface area contributed by atoms with Crippen LogP contribution in [0.25, 0.3) is 0 Å². The number of halogens is 8. The van der Waals surface area contributed by atoms with Gasteiger partial charge in [0.2, 0.25) is 0 Å². The van der Waals surface area contributed by atoms with Crippen LogP contribution in [0.15, 0.2) is 12.1 Å². The molecule has 0 saturated carbocycles. The molecule has 0 unspecified atom stereocenters. The molecular weight excluding hydrogens is 346 g/mol. The van der Waals surface area contributed by atoms with Crippen LogP contribution < -0.4 is 5.19 Å². The molecule has 0 N–H and O–H groups in total. The third-order valence-corrected chi connectivity index (χ3v) is 5.46. The first-order chi connectivity index (χ1) is 7.03. The van der Waals surface area contributed by atoms with Crippen LogP contribution in [0.3, 0.4) is 0 Å². The Balaban J connectivity index is 3.46. The van der Waals surface area contributed by atoms with Crippen molar-refractivity contribution in [1.29, 1.82) is 0 Å². The van der Waals surface area contributed by atoms with Gasteiger partial charge in [0.15, 0.2) is 0 Å². The van der Waals surface area contributed by atoms with E-state index in [0.717, 1.165) is 0 Å². The van der Waals surface area contributed by atoms with Gasteiger partial charge in [-0.3, -0.25) is 0 Å². The molecule has 90 valence electrons. The molecule has 0 atom stereocenters. The highest BCUT2D eigenvalue weighted by molar-refractivity contribution is 7.69. The lowest BCUT2D eigenvalue weighted by Gasteiger charge is -2.15. The topological polar surface area (TPSA) is 0 Å². The summed E-state index contributed by atoms with van der Waals surface area (Å²) in [5.41, 5.74) is -0.990. The molecule has 1 aromatic rings. The van der Waals surface area contributed by atoms with Crippen molar-refractivity contribution < 1.29 is 13.2 Å². The minimum absolute atomic E-state index is 0.152. The van der Waals surface area contributed by atoms with Crippen molar-refractivity contribution in [2.75, 3.05) is 0 Å². The van der Waals surface area contributed by atoms with Crippen LogP contribution in [0.5, 0.6) is 0 Å². The quantitative estimate of drug-likeness (QED) is 0.501. The molecule has 0 radical (unpaired) electrons. The summed E-state index contributed by atoms with van der Waals surface area (Å²) in [4.78, 5) is 0. The molecule has 0 aliphatic carbocycles. The lowest BCUT2D eigenvalue weighted by Crippen LogP contribution is -2.32. The highest BCUT2D eigenvalue weighted by Gasteiger charge is 2.37. The summed E-state index contributed by atoms with van der Waals surface area (Å²) in [5, 5.41) is -0.606. The van der Waals surface area contributed by atoms with Gasteiger partial charge in [0, 0.05) is 5.19 Å². The Kier molecular flexibility index (Phi) is 4.37. The zero-order valence-corrected chi connectivity index (χ0v) is 12.0. The maximum absolute atomic E-state index is 12.5. The zero-order chi connectivity index (χ0) is 12.7. The standard InChI is InChI=1S/C7H2Cl5F3Si/c8-4-1-3(7(13,14)15)2-5(6(4)9)16(10,11)12/h1-2H. The van der Waals surface area contributed by atoms with Crippen molar-refractivity contribution in [2.45, 2.75) is 6.18 Å². The van der Waals surface area contributed by atoms with Crippen LogP contribution in [0.2, 0.25) is 10.0 Å². The second-order valence-electron chi connectivity index (χ2n) is 2.82. The largest absolute Gasteiger partial charge is 0.416 e. The van der Waals surface area contributed by atoms with E-state index in [1.165, 1.54) is 0 Å². The van der Waals surface area contributed by atoms with Crippen LogP contribution in [-0.4, -0.2) is 6.00 Å². The van der Waals surface area contributed by atoms with Crippen molar-refractivity contribution in [3.05, 3.63) is 27.7 Å². The van der Waals surface area contributed by atoms with Gasteiger partial charge in [-0.2, -0.15) is 13.2 Å². The minimum Gasteiger partial charge on any atom is -0.166 e. The summed E-state index contributed by atoms with van der Waals surface area (Å²) in [7, 11) is 0. The molecule has 1 rings (SSSR count). The molecule has 0 saturated heterocycles. The van der Waals surface area contributed by atoms with Gasteiger partial charge in [-0.15, -0.1) is 33.2 Å². The maximum atomic E-state index is 12.5. The molecule has 0 spiro atoms. The van der Waals surface area contributed by atoms with E-state index in [2.05, 4.69) is 0 Å². The predicted octanol–water partition coefficient (Wildman–Crippen LogP) is 4.87. The van der Waals surface area contributed by atoms with Crippen molar-refractivity contribution in [3.8, 4) is 0 Å². The van der Waals surface area contributed by atoms with Crippen molar-refractivity contribution >= 4 is 67.6 Å². The van der Waals surface area contributed by atoms with Gasteiger partial charge in [-0.1, -0.05) is 23.2 Å². The number of rotatable bonds is 1. The average Bonchev–Trinajstić information content (AvgIpc) is 2.05. The molecular formula is C7H2Cl5F3Si. The van der Waals surface area contributed by atoms with Crippen LogP contribution in [0, 0.1) is 0 Å². The Labute approximate surface area is 114 Å². The fourth-order valence-corrected chi connectivity index (χ4v) is 4.27. The Morgan fingerprint density at radius 1 is 1.00 bits per heavy atom. The fourth-order valence-electron chi connectivity index (χ4n) is 0.959. The number of alkyl halides is 3. The van der Waals surface area contributed by atoms with Crippen LogP contribution in [0.4, 0.5) is 13.2 Å². The molecule has 1 aromatic carbocycles. The van der Waals surface area contributed by atoms with E-state index in [-0.39, 0.29) is 15.2 Å². The van der Waals surface area contributed by atoms with Gasteiger partial charge < -0.3 is 0 Å². The van der Waals surface area contributed by atoms with Crippen LogP contribution in [-0.2, 0) is 6.18 Å². The van der Waals surface area contributed by atoms with Gasteiger partial charge >= 0.3 is 12.2 Å². The summed E-state index contributed by atoms with van der Waals surface area (Å²) in [6.07, 6.45) is -4.56. The smallest absolute Gasteiger partial charge is 0.166 e. The Bertz CT molecular complexity index is 412. The number of hydrogen-bond acceptors (Lipinski definition) is 0. The molecule has 16 heavy (non-hydrogen) atoms. The first kappa shape index (κ1) is 14.7. The van der Waals surface area contributed by atoms with Gasteiger partial charge in [0.25, 0.3) is 0 Å². The fraction of sp³-hybridized carbons (Fsp3) is 0.143. The van der Waals surface area contributed by atoms with Crippen LogP contribution in [0.1, 0.15) is 5.56 Å². The average molecular weight is 348 g/mol. The predicted molar refractivity (Wildman–Crippen MR) is 64.4 cm³/mol. The van der Waals surface area contributed by atoms with E-state index in [1.54, 1.807) is 0 Å². The molecule has 9 heteroatoms. The first-order valence-electron chi connectivity index (χ1n) is 3.67. The van der Waals surface area contributed by atoms with E-state index < -0.39 is 17.7 Å². The van der Waals surface area contributed by atoms with Gasteiger partial charge in [-0.05, 0) is 12.1 Å². The molecule has 0 fully saturated rings. The number of hydrogen-bond donors (Lipinski definition) is 0.